The molecule has 4 fully saturated rings. The molecule has 1 amide bonds. The van der Waals surface area contributed by atoms with Gasteiger partial charge in [-0.3, -0.25) is 4.79 Å². The van der Waals surface area contributed by atoms with Crippen molar-refractivity contribution in [3.05, 3.63) is 30.3 Å². The number of sulfonamides is 1. The number of fused-ring (bicyclic) bond motifs is 1. The van der Waals surface area contributed by atoms with Crippen LogP contribution in [0.3, 0.4) is 0 Å². The summed E-state index contributed by atoms with van der Waals surface area (Å²) in [5, 5.41) is 1.66. The van der Waals surface area contributed by atoms with Gasteiger partial charge in [-0.15, -0.1) is 0 Å². The van der Waals surface area contributed by atoms with E-state index in [1.807, 2.05) is 0 Å². The Morgan fingerprint density at radius 3 is 2.17 bits per heavy atom. The number of alkyl halides is 3. The molecule has 1 aromatic rings. The molecule has 0 aliphatic carbocycles. The van der Waals surface area contributed by atoms with Crippen LogP contribution in [0.1, 0.15) is 44.9 Å². The number of carbonyl (C=O) groups is 1. The second kappa shape index (κ2) is 10.2. The van der Waals surface area contributed by atoms with Crippen molar-refractivity contribution in [3.63, 3.8) is 0 Å². The van der Waals surface area contributed by atoms with E-state index in [1.165, 1.54) is 4.31 Å². The molecule has 4 aliphatic rings. The third-order valence-corrected chi connectivity index (χ3v) is 10.5. The first-order chi connectivity index (χ1) is 17.2. The van der Waals surface area contributed by atoms with Crippen LogP contribution in [0.4, 0.5) is 13.2 Å². The van der Waals surface area contributed by atoms with Gasteiger partial charge in [0.15, 0.2) is 0 Å². The van der Waals surface area contributed by atoms with Crippen LogP contribution in [-0.2, 0) is 14.8 Å². The highest BCUT2D eigenvalue weighted by Gasteiger charge is 2.59. The smallest absolute Gasteiger partial charge is 0.342 e. The Hall–Kier alpha value is -1.69. The van der Waals surface area contributed by atoms with Crippen LogP contribution < -0.4 is 5.43 Å². The fraction of sp³-hybridized carbons (Fsp3) is 0.720. The summed E-state index contributed by atoms with van der Waals surface area (Å²) < 4.78 is 69.5. The van der Waals surface area contributed by atoms with Crippen LogP contribution in [0.25, 0.3) is 0 Å². The molecule has 4 atom stereocenters. The fourth-order valence-corrected chi connectivity index (χ4v) is 8.16. The molecule has 7 nitrogen and oxygen atoms in total. The molecule has 0 saturated carbocycles. The third kappa shape index (κ3) is 5.04. The minimum absolute atomic E-state index is 0.179. The first-order valence-electron chi connectivity index (χ1n) is 13.1. The van der Waals surface area contributed by atoms with Gasteiger partial charge in [-0.2, -0.15) is 17.5 Å². The lowest BCUT2D eigenvalue weighted by Gasteiger charge is -2.42. The average Bonchev–Trinajstić information content (AvgIpc) is 3.29. The molecule has 0 radical (unpaired) electrons. The lowest BCUT2D eigenvalue weighted by atomic mass is 9.74. The van der Waals surface area contributed by atoms with Crippen molar-refractivity contribution >= 4 is 15.9 Å². The van der Waals surface area contributed by atoms with E-state index in [2.05, 4.69) is 5.43 Å². The Balaban J connectivity index is 1.27. The van der Waals surface area contributed by atoms with Gasteiger partial charge < -0.3 is 4.90 Å². The van der Waals surface area contributed by atoms with Gasteiger partial charge in [-0.05, 0) is 68.9 Å². The number of carbonyl (C=O) groups excluding carboxylic acids is 1. The SMILES string of the molecule is O=C(C1C2CC(C3CCN(S(=O)(=O)c4ccccc4)CC3)CCN2NC1C(F)(F)F)N1CCCCC1. The van der Waals surface area contributed by atoms with E-state index < -0.39 is 34.2 Å². The standard InChI is InChI=1S/C25H35F3N4O3S/c26-25(27,28)23-22(24(33)30-12-5-2-6-13-30)21-17-19(11-16-32(21)29-23)18-9-14-31(15-10-18)36(34,35)20-7-3-1-4-8-20/h1,3-4,7-8,18-19,21-23,29H,2,5-6,9-17H2. The second-order valence-corrected chi connectivity index (χ2v) is 12.6. The lowest BCUT2D eigenvalue weighted by Crippen LogP contribution is -2.51. The number of piperidine rings is 3. The van der Waals surface area contributed by atoms with E-state index in [0.717, 1.165) is 25.7 Å². The molecule has 4 saturated heterocycles. The van der Waals surface area contributed by atoms with Crippen LogP contribution >= 0.6 is 0 Å². The fourth-order valence-electron chi connectivity index (χ4n) is 6.67. The summed E-state index contributed by atoms with van der Waals surface area (Å²) in [6.07, 6.45) is 0.823. The van der Waals surface area contributed by atoms with Crippen molar-refractivity contribution in [1.29, 1.82) is 0 Å². The molecule has 0 bridgehead atoms. The van der Waals surface area contributed by atoms with Gasteiger partial charge in [0.05, 0.1) is 10.8 Å². The Labute approximate surface area is 211 Å². The van der Waals surface area contributed by atoms with Crippen molar-refractivity contribution in [2.75, 3.05) is 32.7 Å². The highest BCUT2D eigenvalue weighted by Crippen LogP contribution is 2.43. The summed E-state index contributed by atoms with van der Waals surface area (Å²) in [6, 6.07) is 6.05. The van der Waals surface area contributed by atoms with Crippen molar-refractivity contribution in [2.24, 2.45) is 17.8 Å². The normalized spacial score (nSPS) is 31.4. The molecule has 4 aliphatic heterocycles. The Morgan fingerprint density at radius 1 is 0.889 bits per heavy atom. The monoisotopic (exact) mass is 528 g/mol. The Morgan fingerprint density at radius 2 is 1.53 bits per heavy atom. The summed E-state index contributed by atoms with van der Waals surface area (Å²) >= 11 is 0. The molecule has 4 unspecified atom stereocenters. The number of likely N-dealkylation sites (tertiary alicyclic amines) is 1. The van der Waals surface area contributed by atoms with Gasteiger partial charge in [0.1, 0.15) is 6.04 Å². The number of nitrogens with one attached hydrogen (secondary N) is 1. The Bertz CT molecular complexity index is 1020. The quantitative estimate of drug-likeness (QED) is 0.650. The summed E-state index contributed by atoms with van der Waals surface area (Å²) in [7, 11) is -3.55. The number of halogens is 3. The van der Waals surface area contributed by atoms with E-state index >= 15 is 0 Å². The topological polar surface area (TPSA) is 73.0 Å². The maximum Gasteiger partial charge on any atom is 0.406 e. The molecule has 200 valence electrons. The van der Waals surface area contributed by atoms with Crippen LogP contribution in [0.5, 0.6) is 0 Å². The van der Waals surface area contributed by atoms with Crippen LogP contribution in [-0.4, -0.2) is 79.5 Å². The molecular formula is C25H35F3N4O3S. The molecule has 0 aromatic heterocycles. The van der Waals surface area contributed by atoms with Gasteiger partial charge in [0, 0.05) is 38.8 Å². The maximum absolute atomic E-state index is 14.0. The highest BCUT2D eigenvalue weighted by atomic mass is 32.2. The van der Waals surface area contributed by atoms with Crippen molar-refractivity contribution < 1.29 is 26.4 Å². The summed E-state index contributed by atoms with van der Waals surface area (Å²) in [5.41, 5.74) is 2.64. The predicted molar refractivity (Wildman–Crippen MR) is 128 cm³/mol. The largest absolute Gasteiger partial charge is 0.406 e. The first kappa shape index (κ1) is 25.9. The average molecular weight is 529 g/mol. The van der Waals surface area contributed by atoms with Gasteiger partial charge in [0.2, 0.25) is 15.9 Å². The van der Waals surface area contributed by atoms with Gasteiger partial charge >= 0.3 is 6.18 Å². The zero-order valence-electron chi connectivity index (χ0n) is 20.4. The number of benzene rings is 1. The van der Waals surface area contributed by atoms with Crippen molar-refractivity contribution in [2.45, 2.75) is 68.1 Å². The number of rotatable bonds is 4. The van der Waals surface area contributed by atoms with Crippen LogP contribution in [0, 0.1) is 17.8 Å². The van der Waals surface area contributed by atoms with E-state index in [1.54, 1.807) is 40.2 Å². The van der Waals surface area contributed by atoms with E-state index in [-0.39, 0.29) is 22.6 Å². The number of amides is 1. The van der Waals surface area contributed by atoms with Gasteiger partial charge in [-0.25, -0.2) is 18.9 Å². The number of hydrogen-bond acceptors (Lipinski definition) is 5. The Kier molecular flexibility index (Phi) is 7.37. The highest BCUT2D eigenvalue weighted by molar-refractivity contribution is 7.89. The number of hydrogen-bond donors (Lipinski definition) is 1. The zero-order chi connectivity index (χ0) is 25.5. The predicted octanol–water partition coefficient (Wildman–Crippen LogP) is 3.25. The minimum atomic E-state index is -4.50. The second-order valence-electron chi connectivity index (χ2n) is 10.7. The van der Waals surface area contributed by atoms with E-state index in [0.29, 0.717) is 52.0 Å². The van der Waals surface area contributed by atoms with E-state index in [9.17, 15) is 26.4 Å². The summed E-state index contributed by atoms with van der Waals surface area (Å²) in [4.78, 5) is 15.3. The maximum atomic E-state index is 14.0. The molecule has 0 spiro atoms. The third-order valence-electron chi connectivity index (χ3n) is 8.62. The molecule has 1 aromatic carbocycles. The van der Waals surface area contributed by atoms with Crippen molar-refractivity contribution in [1.82, 2.24) is 19.6 Å². The molecule has 4 heterocycles. The number of hydrazine groups is 1. The first-order valence-corrected chi connectivity index (χ1v) is 14.5. The minimum Gasteiger partial charge on any atom is -0.342 e. The van der Waals surface area contributed by atoms with Gasteiger partial charge in [-0.1, -0.05) is 18.2 Å². The lowest BCUT2D eigenvalue weighted by molar-refractivity contribution is -0.172. The molecular weight excluding hydrogens is 493 g/mol. The number of nitrogens with zero attached hydrogens (tertiary/aromatic N) is 3. The van der Waals surface area contributed by atoms with Crippen LogP contribution in [0.15, 0.2) is 35.2 Å². The summed E-state index contributed by atoms with van der Waals surface area (Å²) in [5.74, 6) is -1.09. The van der Waals surface area contributed by atoms with Gasteiger partial charge in [0.25, 0.3) is 0 Å². The molecule has 36 heavy (non-hydrogen) atoms. The molecule has 1 N–H and O–H groups in total. The van der Waals surface area contributed by atoms with Crippen LogP contribution in [0.2, 0.25) is 0 Å². The zero-order valence-corrected chi connectivity index (χ0v) is 21.2. The van der Waals surface area contributed by atoms with E-state index in [4.69, 9.17) is 0 Å². The molecule has 11 heteroatoms. The summed E-state index contributed by atoms with van der Waals surface area (Å²) in [6.45, 7) is 2.35. The molecule has 5 rings (SSSR count). The van der Waals surface area contributed by atoms with Crippen molar-refractivity contribution in [3.8, 4) is 0 Å².